The van der Waals surface area contributed by atoms with Crippen LogP contribution in [0.2, 0.25) is 0 Å². The van der Waals surface area contributed by atoms with Crippen LogP contribution in [0.4, 0.5) is 5.69 Å². The molecule has 0 bridgehead atoms. The molecule has 0 atom stereocenters. The van der Waals surface area contributed by atoms with Gasteiger partial charge in [-0.15, -0.1) is 0 Å². The first-order valence-corrected chi connectivity index (χ1v) is 6.66. The highest BCUT2D eigenvalue weighted by atomic mass is 79.9. The van der Waals surface area contributed by atoms with E-state index >= 15 is 0 Å². The second-order valence-corrected chi connectivity index (χ2v) is 5.18. The van der Waals surface area contributed by atoms with Crippen LogP contribution in [0, 0.1) is 0 Å². The predicted molar refractivity (Wildman–Crippen MR) is 79.8 cm³/mol. The van der Waals surface area contributed by atoms with Crippen LogP contribution in [0.5, 0.6) is 0 Å². The molecule has 1 aromatic heterocycles. The normalized spacial score (nSPS) is 10.7. The highest BCUT2D eigenvalue weighted by molar-refractivity contribution is 9.10. The molecular weight excluding hydrogens is 288 g/mol. The fourth-order valence-electron chi connectivity index (χ4n) is 1.97. The average molecular weight is 301 g/mol. The van der Waals surface area contributed by atoms with Crippen molar-refractivity contribution in [3.05, 3.63) is 64.8 Å². The number of H-pyrrole nitrogens is 1. The standard InChI is InChI=1S/C15H13BrN2/c16-13-3-1-11(2-4-13)10-18-14-5-6-15-12(9-14)7-8-17-15/h1-9,17-18H,10H2. The number of rotatable bonds is 3. The number of aromatic nitrogens is 1. The maximum absolute atomic E-state index is 3.44. The second-order valence-electron chi connectivity index (χ2n) is 4.26. The van der Waals surface area contributed by atoms with Gasteiger partial charge in [0, 0.05) is 33.8 Å². The van der Waals surface area contributed by atoms with E-state index in [0.717, 1.165) is 16.7 Å². The van der Waals surface area contributed by atoms with Crippen LogP contribution in [-0.4, -0.2) is 4.98 Å². The molecule has 0 aliphatic carbocycles. The van der Waals surface area contributed by atoms with Gasteiger partial charge in [0.1, 0.15) is 0 Å². The maximum Gasteiger partial charge on any atom is 0.0455 e. The third-order valence-electron chi connectivity index (χ3n) is 2.96. The van der Waals surface area contributed by atoms with Gasteiger partial charge in [-0.05, 0) is 42.0 Å². The van der Waals surface area contributed by atoms with Crippen LogP contribution >= 0.6 is 15.9 Å². The van der Waals surface area contributed by atoms with Crippen molar-refractivity contribution in [1.82, 2.24) is 4.98 Å². The molecule has 0 spiro atoms. The summed E-state index contributed by atoms with van der Waals surface area (Å²) in [5.74, 6) is 0. The van der Waals surface area contributed by atoms with Gasteiger partial charge in [0.2, 0.25) is 0 Å². The molecule has 2 nitrogen and oxygen atoms in total. The first-order valence-electron chi connectivity index (χ1n) is 5.87. The summed E-state index contributed by atoms with van der Waals surface area (Å²) in [6.07, 6.45) is 1.96. The zero-order valence-electron chi connectivity index (χ0n) is 9.78. The lowest BCUT2D eigenvalue weighted by atomic mass is 10.2. The number of hydrogen-bond acceptors (Lipinski definition) is 1. The van der Waals surface area contributed by atoms with Crippen molar-refractivity contribution in [3.63, 3.8) is 0 Å². The van der Waals surface area contributed by atoms with E-state index in [4.69, 9.17) is 0 Å². The van der Waals surface area contributed by atoms with Gasteiger partial charge in [0.25, 0.3) is 0 Å². The maximum atomic E-state index is 3.44. The molecular formula is C15H13BrN2. The smallest absolute Gasteiger partial charge is 0.0455 e. The van der Waals surface area contributed by atoms with Crippen LogP contribution in [0.25, 0.3) is 10.9 Å². The summed E-state index contributed by atoms with van der Waals surface area (Å²) in [4.78, 5) is 3.19. The molecule has 3 rings (SSSR count). The second kappa shape index (κ2) is 4.86. The molecule has 18 heavy (non-hydrogen) atoms. The first-order chi connectivity index (χ1) is 8.81. The predicted octanol–water partition coefficient (Wildman–Crippen LogP) is 4.54. The number of halogens is 1. The Morgan fingerprint density at radius 2 is 1.83 bits per heavy atom. The Balaban J connectivity index is 1.74. The summed E-state index contributed by atoms with van der Waals surface area (Å²) in [5, 5.41) is 4.67. The van der Waals surface area contributed by atoms with Gasteiger partial charge in [0.15, 0.2) is 0 Å². The molecule has 0 unspecified atom stereocenters. The molecule has 0 amide bonds. The van der Waals surface area contributed by atoms with Gasteiger partial charge < -0.3 is 10.3 Å². The highest BCUT2D eigenvalue weighted by Crippen LogP contribution is 2.18. The van der Waals surface area contributed by atoms with E-state index in [1.165, 1.54) is 16.5 Å². The zero-order chi connectivity index (χ0) is 12.4. The van der Waals surface area contributed by atoms with Crippen molar-refractivity contribution in [1.29, 1.82) is 0 Å². The molecule has 0 radical (unpaired) electrons. The molecule has 3 heteroatoms. The molecule has 0 fully saturated rings. The van der Waals surface area contributed by atoms with Gasteiger partial charge in [-0.25, -0.2) is 0 Å². The quantitative estimate of drug-likeness (QED) is 0.730. The van der Waals surface area contributed by atoms with E-state index < -0.39 is 0 Å². The molecule has 90 valence electrons. The van der Waals surface area contributed by atoms with Crippen LogP contribution in [0.3, 0.4) is 0 Å². The van der Waals surface area contributed by atoms with E-state index in [1.54, 1.807) is 0 Å². The number of hydrogen-bond donors (Lipinski definition) is 2. The molecule has 3 aromatic rings. The zero-order valence-corrected chi connectivity index (χ0v) is 11.4. The largest absolute Gasteiger partial charge is 0.381 e. The Hall–Kier alpha value is -1.74. The topological polar surface area (TPSA) is 27.8 Å². The van der Waals surface area contributed by atoms with Gasteiger partial charge >= 0.3 is 0 Å². The van der Waals surface area contributed by atoms with Crippen molar-refractivity contribution >= 4 is 32.5 Å². The Labute approximate surface area is 114 Å². The van der Waals surface area contributed by atoms with Crippen LogP contribution in [0.1, 0.15) is 5.56 Å². The molecule has 0 aliphatic rings. The molecule has 0 aliphatic heterocycles. The van der Waals surface area contributed by atoms with Crippen molar-refractivity contribution < 1.29 is 0 Å². The lowest BCUT2D eigenvalue weighted by Crippen LogP contribution is -1.98. The van der Waals surface area contributed by atoms with Crippen LogP contribution in [-0.2, 0) is 6.54 Å². The molecule has 0 saturated heterocycles. The fourth-order valence-corrected chi connectivity index (χ4v) is 2.23. The monoisotopic (exact) mass is 300 g/mol. The van der Waals surface area contributed by atoms with Crippen molar-refractivity contribution in [2.24, 2.45) is 0 Å². The van der Waals surface area contributed by atoms with E-state index in [2.05, 4.69) is 74.8 Å². The molecule has 2 N–H and O–H groups in total. The van der Waals surface area contributed by atoms with Crippen molar-refractivity contribution in [2.75, 3.05) is 5.32 Å². The number of benzene rings is 2. The highest BCUT2D eigenvalue weighted by Gasteiger charge is 1.97. The summed E-state index contributed by atoms with van der Waals surface area (Å²) < 4.78 is 1.11. The lowest BCUT2D eigenvalue weighted by molar-refractivity contribution is 1.15. The van der Waals surface area contributed by atoms with E-state index in [0.29, 0.717) is 0 Å². The summed E-state index contributed by atoms with van der Waals surface area (Å²) in [6, 6.07) is 16.8. The third kappa shape index (κ3) is 2.41. The number of aromatic amines is 1. The number of fused-ring (bicyclic) bond motifs is 1. The molecule has 0 saturated carbocycles. The minimum Gasteiger partial charge on any atom is -0.381 e. The SMILES string of the molecule is Brc1ccc(CNc2ccc3[nH]ccc3c2)cc1. The van der Waals surface area contributed by atoms with E-state index in [9.17, 15) is 0 Å². The lowest BCUT2D eigenvalue weighted by Gasteiger charge is -2.06. The van der Waals surface area contributed by atoms with Gasteiger partial charge in [-0.3, -0.25) is 0 Å². The Morgan fingerprint density at radius 1 is 1.00 bits per heavy atom. The summed E-state index contributed by atoms with van der Waals surface area (Å²) in [7, 11) is 0. The molecule has 1 heterocycles. The first kappa shape index (κ1) is 11.4. The summed E-state index contributed by atoms with van der Waals surface area (Å²) in [6.45, 7) is 0.837. The number of anilines is 1. The van der Waals surface area contributed by atoms with Gasteiger partial charge in [-0.1, -0.05) is 28.1 Å². The third-order valence-corrected chi connectivity index (χ3v) is 3.49. The van der Waals surface area contributed by atoms with Crippen LogP contribution < -0.4 is 5.32 Å². The Morgan fingerprint density at radius 3 is 2.67 bits per heavy atom. The average Bonchev–Trinajstić information content (AvgIpc) is 2.85. The molecule has 2 aromatic carbocycles. The van der Waals surface area contributed by atoms with E-state index in [1.807, 2.05) is 6.20 Å². The van der Waals surface area contributed by atoms with Crippen molar-refractivity contribution in [3.8, 4) is 0 Å². The van der Waals surface area contributed by atoms with Gasteiger partial charge in [0.05, 0.1) is 0 Å². The number of nitrogens with one attached hydrogen (secondary N) is 2. The minimum absolute atomic E-state index is 0.837. The summed E-state index contributed by atoms with van der Waals surface area (Å²) >= 11 is 3.44. The van der Waals surface area contributed by atoms with Crippen LogP contribution in [0.15, 0.2) is 59.2 Å². The Bertz CT molecular complexity index is 656. The minimum atomic E-state index is 0.837. The summed E-state index contributed by atoms with van der Waals surface area (Å²) in [5.41, 5.74) is 3.58. The Kier molecular flexibility index (Phi) is 3.07. The van der Waals surface area contributed by atoms with Crippen molar-refractivity contribution in [2.45, 2.75) is 6.54 Å². The van der Waals surface area contributed by atoms with Gasteiger partial charge in [-0.2, -0.15) is 0 Å². The fraction of sp³-hybridized carbons (Fsp3) is 0.0667. The van der Waals surface area contributed by atoms with E-state index in [-0.39, 0.29) is 0 Å².